The van der Waals surface area contributed by atoms with Crippen molar-refractivity contribution in [3.63, 3.8) is 0 Å². The number of hydrogen-bond acceptors (Lipinski definition) is 8. The van der Waals surface area contributed by atoms with Gasteiger partial charge in [0, 0.05) is 32.6 Å². The molecule has 14 heteroatoms. The predicted octanol–water partition coefficient (Wildman–Crippen LogP) is -0.887. The molecule has 3 atom stereocenters. The molecule has 12 nitrogen and oxygen atoms in total. The van der Waals surface area contributed by atoms with Gasteiger partial charge >= 0.3 is 13.4 Å². The topological polar surface area (TPSA) is 136 Å². The number of nitrogens with one attached hydrogen (secondary N) is 1. The third kappa shape index (κ3) is 4.83. The fraction of sp³-hybridized carbons (Fsp3) is 0.765. The Morgan fingerprint density at radius 3 is 2.29 bits per heavy atom. The number of aromatic amines is 1. The number of morpholine rings is 2. The Kier molecular flexibility index (Phi) is 7.04. The molecule has 0 amide bonds. The number of halogens is 1. The van der Waals surface area contributed by atoms with Crippen molar-refractivity contribution >= 4 is 7.67 Å². The monoisotopic (exact) mass is 464 g/mol. The van der Waals surface area contributed by atoms with E-state index >= 15 is 0 Å². The number of aliphatic hydroxyl groups is 1. The molecule has 0 aromatic carbocycles. The van der Waals surface area contributed by atoms with Crippen molar-refractivity contribution in [2.75, 3.05) is 59.2 Å². The molecule has 0 saturated carbocycles. The highest BCUT2D eigenvalue weighted by Crippen LogP contribution is 2.55. The lowest BCUT2D eigenvalue weighted by Gasteiger charge is -2.41. The molecule has 1 aromatic heterocycles. The van der Waals surface area contributed by atoms with E-state index in [1.54, 1.807) is 9.34 Å². The van der Waals surface area contributed by atoms with Crippen LogP contribution in [0.15, 0.2) is 15.8 Å². The molecule has 3 aliphatic rings. The maximum atomic E-state index is 13.9. The van der Waals surface area contributed by atoms with Gasteiger partial charge in [0.05, 0.1) is 45.3 Å². The Hall–Kier alpha value is -1.44. The largest absolute Gasteiger partial charge is 0.390 e. The molecule has 174 valence electrons. The van der Waals surface area contributed by atoms with Crippen LogP contribution in [-0.4, -0.2) is 95.4 Å². The summed E-state index contributed by atoms with van der Waals surface area (Å²) in [6, 6.07) is 0. The molecular formula is C17H26FN4O8P. The Labute approximate surface area is 177 Å². The zero-order valence-corrected chi connectivity index (χ0v) is 17.7. The summed E-state index contributed by atoms with van der Waals surface area (Å²) in [6.45, 7) is 3.31. The van der Waals surface area contributed by atoms with Crippen LogP contribution in [0.3, 0.4) is 0 Å². The first-order chi connectivity index (χ1) is 14.9. The predicted molar refractivity (Wildman–Crippen MR) is 104 cm³/mol. The van der Waals surface area contributed by atoms with Gasteiger partial charge in [-0.2, -0.15) is 4.39 Å². The molecule has 3 aliphatic heterocycles. The number of nitrogens with zero attached hydrogens (tertiary/aromatic N) is 3. The molecular weight excluding hydrogens is 438 g/mol. The quantitative estimate of drug-likeness (QED) is 0.511. The summed E-state index contributed by atoms with van der Waals surface area (Å²) >= 11 is 0. The van der Waals surface area contributed by atoms with Crippen molar-refractivity contribution in [1.82, 2.24) is 18.9 Å². The maximum absolute atomic E-state index is 13.9. The summed E-state index contributed by atoms with van der Waals surface area (Å²) in [5.74, 6) is -1.14. The van der Waals surface area contributed by atoms with E-state index < -0.39 is 43.2 Å². The van der Waals surface area contributed by atoms with Crippen molar-refractivity contribution in [1.29, 1.82) is 0 Å². The zero-order chi connectivity index (χ0) is 22.0. The van der Waals surface area contributed by atoms with E-state index in [9.17, 15) is 23.7 Å². The minimum Gasteiger partial charge on any atom is -0.390 e. The number of aliphatic hydroxyl groups excluding tert-OH is 1. The smallest absolute Gasteiger partial charge is 0.346 e. The van der Waals surface area contributed by atoms with Crippen molar-refractivity contribution in [3.05, 3.63) is 32.9 Å². The Bertz CT molecular complexity index is 907. The van der Waals surface area contributed by atoms with Gasteiger partial charge in [-0.3, -0.25) is 18.9 Å². The highest BCUT2D eigenvalue weighted by atomic mass is 31.2. The van der Waals surface area contributed by atoms with Crippen molar-refractivity contribution in [2.24, 2.45) is 0 Å². The summed E-state index contributed by atoms with van der Waals surface area (Å²) in [5.41, 5.74) is -1.98. The van der Waals surface area contributed by atoms with Gasteiger partial charge in [0.1, 0.15) is 12.3 Å². The van der Waals surface area contributed by atoms with E-state index in [0.717, 1.165) is 10.8 Å². The van der Waals surface area contributed by atoms with Crippen molar-refractivity contribution in [2.45, 2.75) is 24.9 Å². The van der Waals surface area contributed by atoms with E-state index in [2.05, 4.69) is 0 Å². The Balaban J connectivity index is 1.47. The SMILES string of the molecule is O=c1[nH]c(=O)n(C2CC(O)C(COP(=O)(N3CCOCC3)N3CCOCC3)O2)cc1F. The molecule has 0 bridgehead atoms. The Morgan fingerprint density at radius 1 is 1.13 bits per heavy atom. The van der Waals surface area contributed by atoms with Gasteiger partial charge in [0.25, 0.3) is 5.56 Å². The average molecular weight is 464 g/mol. The highest BCUT2D eigenvalue weighted by Gasteiger charge is 2.43. The standard InChI is InChI=1S/C17H26FN4O8P/c18-12-10-22(17(25)19-16(12)24)15-9-13(23)14(30-15)11-29-31(26,20-1-5-27-6-2-20)21-3-7-28-8-4-21/h10,13-15,23H,1-9,11H2,(H,19,24,25). The molecule has 0 aliphatic carbocycles. The molecule has 1 aromatic rings. The first kappa shape index (κ1) is 22.7. The molecule has 31 heavy (non-hydrogen) atoms. The summed E-state index contributed by atoms with van der Waals surface area (Å²) in [7, 11) is -3.43. The van der Waals surface area contributed by atoms with Crippen LogP contribution in [-0.2, 0) is 23.3 Å². The normalized spacial score (nSPS) is 28.8. The number of aromatic nitrogens is 2. The van der Waals surface area contributed by atoms with E-state index in [0.29, 0.717) is 52.6 Å². The van der Waals surface area contributed by atoms with E-state index in [-0.39, 0.29) is 13.0 Å². The van der Waals surface area contributed by atoms with Crippen molar-refractivity contribution in [3.8, 4) is 0 Å². The lowest BCUT2D eigenvalue weighted by Crippen LogP contribution is -2.44. The van der Waals surface area contributed by atoms with Gasteiger partial charge in [-0.15, -0.1) is 0 Å². The molecule has 0 radical (unpaired) electrons. The minimum atomic E-state index is -3.43. The third-order valence-corrected chi connectivity index (χ3v) is 8.25. The van der Waals surface area contributed by atoms with Crippen LogP contribution in [0.4, 0.5) is 4.39 Å². The Morgan fingerprint density at radius 2 is 1.71 bits per heavy atom. The van der Waals surface area contributed by atoms with Gasteiger partial charge in [-0.05, 0) is 0 Å². The van der Waals surface area contributed by atoms with Crippen molar-refractivity contribution < 1.29 is 32.8 Å². The molecule has 4 rings (SSSR count). The van der Waals surface area contributed by atoms with Gasteiger partial charge in [0.2, 0.25) is 5.82 Å². The fourth-order valence-corrected chi connectivity index (χ4v) is 6.20. The second-order valence-corrected chi connectivity index (χ2v) is 9.86. The van der Waals surface area contributed by atoms with Crippen LogP contribution >= 0.6 is 7.67 Å². The van der Waals surface area contributed by atoms with Gasteiger partial charge in [-0.25, -0.2) is 14.1 Å². The molecule has 3 unspecified atom stereocenters. The van der Waals surface area contributed by atoms with E-state index in [1.807, 2.05) is 4.98 Å². The lowest BCUT2D eigenvalue weighted by atomic mass is 10.2. The van der Waals surface area contributed by atoms with Gasteiger partial charge in [-0.1, -0.05) is 0 Å². The number of H-pyrrole nitrogens is 1. The first-order valence-corrected chi connectivity index (χ1v) is 11.7. The second-order valence-electron chi connectivity index (χ2n) is 7.49. The van der Waals surface area contributed by atoms with Crippen LogP contribution in [0, 0.1) is 5.82 Å². The number of ether oxygens (including phenoxy) is 3. The van der Waals surface area contributed by atoms with Crippen LogP contribution < -0.4 is 11.2 Å². The first-order valence-electron chi connectivity index (χ1n) is 10.1. The zero-order valence-electron chi connectivity index (χ0n) is 16.9. The summed E-state index contributed by atoms with van der Waals surface area (Å²) < 4.78 is 54.2. The van der Waals surface area contributed by atoms with Crippen LogP contribution in [0.1, 0.15) is 12.6 Å². The molecule has 2 N–H and O–H groups in total. The van der Waals surface area contributed by atoms with Gasteiger partial charge in [0.15, 0.2) is 0 Å². The van der Waals surface area contributed by atoms with Crippen LogP contribution in [0.2, 0.25) is 0 Å². The number of rotatable bonds is 6. The van der Waals surface area contributed by atoms with Crippen LogP contribution in [0.5, 0.6) is 0 Å². The molecule has 4 heterocycles. The highest BCUT2D eigenvalue weighted by molar-refractivity contribution is 7.54. The minimum absolute atomic E-state index is 0.0151. The lowest BCUT2D eigenvalue weighted by molar-refractivity contribution is -0.0464. The van der Waals surface area contributed by atoms with Gasteiger partial charge < -0.3 is 23.8 Å². The summed E-state index contributed by atoms with van der Waals surface area (Å²) in [4.78, 5) is 25.1. The number of hydrogen-bond donors (Lipinski definition) is 2. The average Bonchev–Trinajstić information content (AvgIpc) is 3.16. The molecule has 3 saturated heterocycles. The molecule has 0 spiro atoms. The molecule has 3 fully saturated rings. The third-order valence-electron chi connectivity index (χ3n) is 5.54. The van der Waals surface area contributed by atoms with E-state index in [4.69, 9.17) is 18.7 Å². The second kappa shape index (κ2) is 9.59. The maximum Gasteiger partial charge on any atom is 0.346 e. The summed E-state index contributed by atoms with van der Waals surface area (Å²) in [6.07, 6.45) is -2.18. The summed E-state index contributed by atoms with van der Waals surface area (Å²) in [5, 5.41) is 10.4. The van der Waals surface area contributed by atoms with Crippen LogP contribution in [0.25, 0.3) is 0 Å². The fourth-order valence-electron chi connectivity index (χ4n) is 3.84. The van der Waals surface area contributed by atoms with E-state index in [1.165, 1.54) is 0 Å².